The number of hydrogen-bond acceptors (Lipinski definition) is 1. The van der Waals surface area contributed by atoms with E-state index in [1.165, 1.54) is 16.5 Å². The maximum atomic E-state index is 11.1. The molecule has 0 bridgehead atoms. The predicted octanol–water partition coefficient (Wildman–Crippen LogP) is 4.92. The van der Waals surface area contributed by atoms with Gasteiger partial charge in [0.05, 0.1) is 11.1 Å². The number of carboxylic acids is 1. The van der Waals surface area contributed by atoms with Crippen molar-refractivity contribution in [3.05, 3.63) is 102 Å². The molecule has 3 aromatic carbocycles. The van der Waals surface area contributed by atoms with Gasteiger partial charge in [0.15, 0.2) is 0 Å². The topological polar surface area (TPSA) is 42.2 Å². The molecule has 3 nitrogen and oxygen atoms in total. The first-order valence-corrected chi connectivity index (χ1v) is 8.19. The lowest BCUT2D eigenvalue weighted by atomic mass is 10.0. The molecule has 1 N–H and O–H groups in total. The summed E-state index contributed by atoms with van der Waals surface area (Å²) >= 11 is 0. The number of carboxylic acid groups (broad SMARTS) is 1. The number of benzene rings is 3. The van der Waals surface area contributed by atoms with Gasteiger partial charge in [-0.25, -0.2) is 4.79 Å². The first kappa shape index (κ1) is 15.2. The molecule has 0 aliphatic heterocycles. The molecule has 0 saturated heterocycles. The molecule has 0 amide bonds. The van der Waals surface area contributed by atoms with Gasteiger partial charge in [-0.3, -0.25) is 0 Å². The van der Waals surface area contributed by atoms with Crippen molar-refractivity contribution < 1.29 is 9.90 Å². The molecule has 1 aromatic heterocycles. The number of aromatic nitrogens is 1. The maximum absolute atomic E-state index is 11.1. The highest BCUT2D eigenvalue weighted by Gasteiger charge is 2.11. The number of rotatable bonds is 4. The van der Waals surface area contributed by atoms with E-state index in [1.807, 2.05) is 24.3 Å². The van der Waals surface area contributed by atoms with E-state index < -0.39 is 5.97 Å². The van der Waals surface area contributed by atoms with Gasteiger partial charge in [0.25, 0.3) is 0 Å². The van der Waals surface area contributed by atoms with Gasteiger partial charge in [-0.1, -0.05) is 48.5 Å². The van der Waals surface area contributed by atoms with Crippen LogP contribution in [0.25, 0.3) is 16.6 Å². The van der Waals surface area contributed by atoms with Crippen molar-refractivity contribution in [1.82, 2.24) is 4.57 Å². The Bertz CT molecular complexity index is 1030. The summed E-state index contributed by atoms with van der Waals surface area (Å²) in [6, 6.07) is 25.7. The van der Waals surface area contributed by atoms with Crippen molar-refractivity contribution >= 4 is 16.9 Å². The summed E-state index contributed by atoms with van der Waals surface area (Å²) in [6.07, 6.45) is 3.01. The van der Waals surface area contributed by atoms with Crippen LogP contribution in [0.1, 0.15) is 21.5 Å². The number of nitrogens with zero attached hydrogens (tertiary/aromatic N) is 1. The van der Waals surface area contributed by atoms with Gasteiger partial charge in [-0.15, -0.1) is 0 Å². The number of carbonyl (C=O) groups is 1. The zero-order valence-corrected chi connectivity index (χ0v) is 13.6. The lowest BCUT2D eigenvalue weighted by Gasteiger charge is -2.05. The molecule has 3 heteroatoms. The third-order valence-electron chi connectivity index (χ3n) is 4.42. The van der Waals surface area contributed by atoms with E-state index in [9.17, 15) is 4.79 Å². The standard InChI is InChI=1S/C22H17NO2/c24-22(25)17-10-12-19(13-11-17)23-15-18(14-16-6-2-1-3-7-16)20-8-4-5-9-21(20)23/h1-13,15H,14H2,(H,24,25). The Morgan fingerprint density at radius 3 is 2.24 bits per heavy atom. The minimum atomic E-state index is -0.909. The van der Waals surface area contributed by atoms with Gasteiger partial charge in [-0.05, 0) is 47.9 Å². The molecular formula is C22H17NO2. The quantitative estimate of drug-likeness (QED) is 0.578. The zero-order valence-electron chi connectivity index (χ0n) is 13.6. The average Bonchev–Trinajstić information content (AvgIpc) is 3.01. The lowest BCUT2D eigenvalue weighted by molar-refractivity contribution is 0.0697. The van der Waals surface area contributed by atoms with Crippen LogP contribution in [0.2, 0.25) is 0 Å². The molecule has 0 radical (unpaired) electrons. The third kappa shape index (κ3) is 2.92. The Morgan fingerprint density at radius 1 is 0.840 bits per heavy atom. The molecule has 25 heavy (non-hydrogen) atoms. The highest BCUT2D eigenvalue weighted by molar-refractivity contribution is 5.88. The summed E-state index contributed by atoms with van der Waals surface area (Å²) in [6.45, 7) is 0. The van der Waals surface area contributed by atoms with Crippen LogP contribution < -0.4 is 0 Å². The summed E-state index contributed by atoms with van der Waals surface area (Å²) in [7, 11) is 0. The molecule has 0 saturated carbocycles. The van der Waals surface area contributed by atoms with Crippen LogP contribution in [0.5, 0.6) is 0 Å². The second kappa shape index (κ2) is 6.29. The van der Waals surface area contributed by atoms with E-state index in [4.69, 9.17) is 5.11 Å². The molecule has 4 aromatic rings. The molecular weight excluding hydrogens is 310 g/mol. The van der Waals surface area contributed by atoms with Crippen molar-refractivity contribution in [3.8, 4) is 5.69 Å². The zero-order chi connectivity index (χ0) is 17.2. The van der Waals surface area contributed by atoms with Crippen LogP contribution >= 0.6 is 0 Å². The van der Waals surface area contributed by atoms with Crippen molar-refractivity contribution in [2.24, 2.45) is 0 Å². The molecule has 0 unspecified atom stereocenters. The molecule has 4 rings (SSSR count). The number of fused-ring (bicyclic) bond motifs is 1. The minimum Gasteiger partial charge on any atom is -0.478 e. The molecule has 0 aliphatic carbocycles. The van der Waals surface area contributed by atoms with Gasteiger partial charge in [0.1, 0.15) is 0 Å². The van der Waals surface area contributed by atoms with Crippen LogP contribution in [0, 0.1) is 0 Å². The average molecular weight is 327 g/mol. The number of hydrogen-bond donors (Lipinski definition) is 1. The second-order valence-corrected chi connectivity index (χ2v) is 6.06. The summed E-state index contributed by atoms with van der Waals surface area (Å²) in [5.74, 6) is -0.909. The van der Waals surface area contributed by atoms with E-state index >= 15 is 0 Å². The largest absolute Gasteiger partial charge is 0.478 e. The Morgan fingerprint density at radius 2 is 1.52 bits per heavy atom. The van der Waals surface area contributed by atoms with Crippen molar-refractivity contribution in [2.45, 2.75) is 6.42 Å². The first-order chi connectivity index (χ1) is 12.2. The fourth-order valence-electron chi connectivity index (χ4n) is 3.19. The monoisotopic (exact) mass is 327 g/mol. The smallest absolute Gasteiger partial charge is 0.335 e. The van der Waals surface area contributed by atoms with E-state index in [2.05, 4.69) is 53.2 Å². The molecule has 122 valence electrons. The van der Waals surface area contributed by atoms with Crippen molar-refractivity contribution in [2.75, 3.05) is 0 Å². The maximum Gasteiger partial charge on any atom is 0.335 e. The van der Waals surface area contributed by atoms with E-state index in [1.54, 1.807) is 12.1 Å². The minimum absolute atomic E-state index is 0.296. The SMILES string of the molecule is O=C(O)c1ccc(-n2cc(Cc3ccccc3)c3ccccc32)cc1. The van der Waals surface area contributed by atoms with Gasteiger partial charge >= 0.3 is 5.97 Å². The van der Waals surface area contributed by atoms with Crippen LogP contribution in [-0.2, 0) is 6.42 Å². The Kier molecular flexibility index (Phi) is 3.82. The van der Waals surface area contributed by atoms with Crippen molar-refractivity contribution in [1.29, 1.82) is 0 Å². The highest BCUT2D eigenvalue weighted by atomic mass is 16.4. The fourth-order valence-corrected chi connectivity index (χ4v) is 3.19. The van der Waals surface area contributed by atoms with E-state index in [0.717, 1.165) is 17.6 Å². The molecule has 0 spiro atoms. The number of para-hydroxylation sites is 1. The highest BCUT2D eigenvalue weighted by Crippen LogP contribution is 2.27. The summed E-state index contributed by atoms with van der Waals surface area (Å²) < 4.78 is 2.12. The summed E-state index contributed by atoms with van der Waals surface area (Å²) in [5, 5.41) is 10.3. The molecule has 1 heterocycles. The Balaban J connectivity index is 1.80. The fraction of sp³-hybridized carbons (Fsp3) is 0.0455. The molecule has 0 fully saturated rings. The van der Waals surface area contributed by atoms with Gasteiger partial charge in [0.2, 0.25) is 0 Å². The Labute approximate surface area is 145 Å². The van der Waals surface area contributed by atoms with Crippen LogP contribution in [0.4, 0.5) is 0 Å². The van der Waals surface area contributed by atoms with Crippen LogP contribution in [-0.4, -0.2) is 15.6 Å². The molecule has 0 atom stereocenters. The van der Waals surface area contributed by atoms with Gasteiger partial charge in [-0.2, -0.15) is 0 Å². The first-order valence-electron chi connectivity index (χ1n) is 8.19. The summed E-state index contributed by atoms with van der Waals surface area (Å²) in [5.41, 5.74) is 4.90. The normalized spacial score (nSPS) is 10.9. The number of aromatic carboxylic acids is 1. The molecule has 0 aliphatic rings. The van der Waals surface area contributed by atoms with Gasteiger partial charge in [0, 0.05) is 17.3 Å². The van der Waals surface area contributed by atoms with Gasteiger partial charge < -0.3 is 9.67 Å². The Hall–Kier alpha value is -3.33. The predicted molar refractivity (Wildman–Crippen MR) is 99.5 cm³/mol. The van der Waals surface area contributed by atoms with Crippen molar-refractivity contribution in [3.63, 3.8) is 0 Å². The van der Waals surface area contributed by atoms with Crippen LogP contribution in [0.15, 0.2) is 85.1 Å². The lowest BCUT2D eigenvalue weighted by Crippen LogP contribution is -1.97. The van der Waals surface area contributed by atoms with Crippen LogP contribution in [0.3, 0.4) is 0 Å². The third-order valence-corrected chi connectivity index (χ3v) is 4.42. The summed E-state index contributed by atoms with van der Waals surface area (Å²) in [4.78, 5) is 11.1. The second-order valence-electron chi connectivity index (χ2n) is 6.06. The van der Waals surface area contributed by atoms with E-state index in [-0.39, 0.29) is 0 Å². The van der Waals surface area contributed by atoms with E-state index in [0.29, 0.717) is 5.56 Å².